The number of aryl methyl sites for hydroxylation is 1. The van der Waals surface area contributed by atoms with Gasteiger partial charge in [0.25, 0.3) is 0 Å². The molecule has 146 valence electrons. The largest absolute Gasteiger partial charge is 0.383 e. The number of amides is 1. The molecule has 0 spiro atoms. The Kier molecular flexibility index (Phi) is 6.48. The number of methoxy groups -OCH3 is 1. The van der Waals surface area contributed by atoms with Crippen LogP contribution in [0.2, 0.25) is 0 Å². The molecule has 2 fully saturated rings. The minimum absolute atomic E-state index is 0.0202. The van der Waals surface area contributed by atoms with Crippen LogP contribution in [0.1, 0.15) is 56.3 Å². The third-order valence-corrected chi connectivity index (χ3v) is 5.62. The lowest BCUT2D eigenvalue weighted by molar-refractivity contribution is -0.122. The van der Waals surface area contributed by atoms with Gasteiger partial charge in [-0.1, -0.05) is 12.8 Å². The average Bonchev–Trinajstić information content (AvgIpc) is 3.25. The molecule has 2 aliphatic rings. The first kappa shape index (κ1) is 19.1. The second-order valence-corrected chi connectivity index (χ2v) is 7.47. The van der Waals surface area contributed by atoms with Crippen LogP contribution >= 0.6 is 0 Å². The molecule has 1 aromatic rings. The van der Waals surface area contributed by atoms with Crippen molar-refractivity contribution in [1.29, 1.82) is 0 Å². The Balaban J connectivity index is 1.57. The van der Waals surface area contributed by atoms with E-state index in [4.69, 9.17) is 4.74 Å². The van der Waals surface area contributed by atoms with Gasteiger partial charge in [0.2, 0.25) is 5.91 Å². The molecule has 1 amide bonds. The normalized spacial score (nSPS) is 19.9. The summed E-state index contributed by atoms with van der Waals surface area (Å²) in [4.78, 5) is 26.7. The molecule has 3 rings (SSSR count). The summed E-state index contributed by atoms with van der Waals surface area (Å²) in [5, 5.41) is 7.43. The van der Waals surface area contributed by atoms with E-state index in [2.05, 4.69) is 15.3 Å². The van der Waals surface area contributed by atoms with E-state index in [0.717, 1.165) is 44.6 Å². The van der Waals surface area contributed by atoms with Crippen LogP contribution in [0.3, 0.4) is 0 Å². The number of ether oxygens (including phenoxy) is 1. The Morgan fingerprint density at radius 1 is 1.23 bits per heavy atom. The van der Waals surface area contributed by atoms with Gasteiger partial charge < -0.3 is 10.1 Å². The maximum absolute atomic E-state index is 12.5. The first-order chi connectivity index (χ1) is 12.6. The number of nitrogens with zero attached hydrogens (tertiary/aromatic N) is 4. The fourth-order valence-corrected chi connectivity index (χ4v) is 4.18. The SMILES string of the molecule is COCCNC(=O)CN1CCC(c2nn(C)c(=O)n2C2CCCC2)CC1. The summed E-state index contributed by atoms with van der Waals surface area (Å²) in [6, 6.07) is 0.316. The zero-order chi connectivity index (χ0) is 18.5. The van der Waals surface area contributed by atoms with E-state index in [1.165, 1.54) is 17.5 Å². The number of carbonyl (C=O) groups is 1. The van der Waals surface area contributed by atoms with Gasteiger partial charge in [0.05, 0.1) is 13.2 Å². The van der Waals surface area contributed by atoms with E-state index in [1.807, 2.05) is 4.57 Å². The topological polar surface area (TPSA) is 81.4 Å². The van der Waals surface area contributed by atoms with Crippen molar-refractivity contribution in [2.45, 2.75) is 50.5 Å². The van der Waals surface area contributed by atoms with Gasteiger partial charge >= 0.3 is 5.69 Å². The standard InChI is InChI=1S/C18H31N5O3/c1-21-18(25)23(15-5-3-4-6-15)17(20-21)14-7-10-22(11-8-14)13-16(24)19-9-12-26-2/h14-15H,3-13H2,1-2H3,(H,19,24). The van der Waals surface area contributed by atoms with Gasteiger partial charge in [-0.15, -0.1) is 0 Å². The molecule has 1 aliphatic carbocycles. The van der Waals surface area contributed by atoms with Gasteiger partial charge in [0, 0.05) is 32.7 Å². The highest BCUT2D eigenvalue weighted by molar-refractivity contribution is 5.77. The van der Waals surface area contributed by atoms with Crippen LogP contribution in [0, 0.1) is 0 Å². The van der Waals surface area contributed by atoms with Gasteiger partial charge in [-0.25, -0.2) is 9.48 Å². The summed E-state index contributed by atoms with van der Waals surface area (Å²) in [6.45, 7) is 3.23. The Morgan fingerprint density at radius 2 is 1.92 bits per heavy atom. The molecule has 1 saturated heterocycles. The van der Waals surface area contributed by atoms with Crippen molar-refractivity contribution in [3.05, 3.63) is 16.3 Å². The van der Waals surface area contributed by atoms with Crippen molar-refractivity contribution in [3.8, 4) is 0 Å². The van der Waals surface area contributed by atoms with Crippen LogP contribution in [-0.2, 0) is 16.6 Å². The smallest absolute Gasteiger partial charge is 0.345 e. The van der Waals surface area contributed by atoms with Crippen molar-refractivity contribution < 1.29 is 9.53 Å². The van der Waals surface area contributed by atoms with Crippen molar-refractivity contribution in [1.82, 2.24) is 24.6 Å². The molecule has 2 heterocycles. The van der Waals surface area contributed by atoms with E-state index in [9.17, 15) is 9.59 Å². The molecule has 1 aliphatic heterocycles. The third kappa shape index (κ3) is 4.35. The first-order valence-corrected chi connectivity index (χ1v) is 9.73. The van der Waals surface area contributed by atoms with Gasteiger partial charge in [0.1, 0.15) is 5.82 Å². The maximum atomic E-state index is 12.5. The zero-order valence-electron chi connectivity index (χ0n) is 15.9. The summed E-state index contributed by atoms with van der Waals surface area (Å²) >= 11 is 0. The lowest BCUT2D eigenvalue weighted by Crippen LogP contribution is -2.42. The molecule has 1 aromatic heterocycles. The summed E-state index contributed by atoms with van der Waals surface area (Å²) in [6.07, 6.45) is 6.44. The third-order valence-electron chi connectivity index (χ3n) is 5.62. The first-order valence-electron chi connectivity index (χ1n) is 9.73. The van der Waals surface area contributed by atoms with Gasteiger partial charge in [0.15, 0.2) is 0 Å². The summed E-state index contributed by atoms with van der Waals surface area (Å²) in [7, 11) is 3.37. The fourth-order valence-electron chi connectivity index (χ4n) is 4.18. The highest BCUT2D eigenvalue weighted by atomic mass is 16.5. The second kappa shape index (κ2) is 8.81. The molecule has 0 atom stereocenters. The summed E-state index contributed by atoms with van der Waals surface area (Å²) in [5.74, 6) is 1.30. The maximum Gasteiger partial charge on any atom is 0.345 e. The zero-order valence-corrected chi connectivity index (χ0v) is 15.9. The van der Waals surface area contributed by atoms with Crippen molar-refractivity contribution in [2.24, 2.45) is 7.05 Å². The van der Waals surface area contributed by atoms with Gasteiger partial charge in [-0.3, -0.25) is 14.3 Å². The number of likely N-dealkylation sites (tertiary alicyclic amines) is 1. The van der Waals surface area contributed by atoms with Crippen LogP contribution in [-0.4, -0.2) is 65.1 Å². The van der Waals surface area contributed by atoms with Crippen LogP contribution in [0.15, 0.2) is 4.79 Å². The predicted molar refractivity (Wildman–Crippen MR) is 98.3 cm³/mol. The molecular formula is C18H31N5O3. The molecule has 0 bridgehead atoms. The number of carbonyl (C=O) groups excluding carboxylic acids is 1. The monoisotopic (exact) mass is 365 g/mol. The van der Waals surface area contributed by atoms with Gasteiger partial charge in [-0.05, 0) is 38.8 Å². The minimum atomic E-state index is 0.0202. The lowest BCUT2D eigenvalue weighted by atomic mass is 9.95. The number of hydrogen-bond acceptors (Lipinski definition) is 5. The van der Waals surface area contributed by atoms with Crippen LogP contribution in [0.25, 0.3) is 0 Å². The molecule has 0 unspecified atom stereocenters. The number of rotatable bonds is 7. The van der Waals surface area contributed by atoms with Crippen molar-refractivity contribution in [2.75, 3.05) is 39.9 Å². The highest BCUT2D eigenvalue weighted by Crippen LogP contribution is 2.33. The molecule has 8 heteroatoms. The van der Waals surface area contributed by atoms with Crippen LogP contribution < -0.4 is 11.0 Å². The minimum Gasteiger partial charge on any atom is -0.383 e. The molecule has 1 N–H and O–H groups in total. The van der Waals surface area contributed by atoms with Crippen LogP contribution in [0.4, 0.5) is 0 Å². The lowest BCUT2D eigenvalue weighted by Gasteiger charge is -2.31. The quantitative estimate of drug-likeness (QED) is 0.717. The number of nitrogens with one attached hydrogen (secondary N) is 1. The second-order valence-electron chi connectivity index (χ2n) is 7.47. The van der Waals surface area contributed by atoms with Crippen LogP contribution in [0.5, 0.6) is 0 Å². The summed E-state index contributed by atoms with van der Waals surface area (Å²) in [5.41, 5.74) is 0.0202. The predicted octanol–water partition coefficient (Wildman–Crippen LogP) is 0.639. The number of hydrogen-bond donors (Lipinski definition) is 1. The average molecular weight is 365 g/mol. The Labute approximate surface area is 154 Å². The number of aromatic nitrogens is 3. The molecular weight excluding hydrogens is 334 g/mol. The van der Waals surface area contributed by atoms with Gasteiger partial charge in [-0.2, -0.15) is 5.10 Å². The molecule has 8 nitrogen and oxygen atoms in total. The van der Waals surface area contributed by atoms with E-state index in [1.54, 1.807) is 14.2 Å². The summed E-state index contributed by atoms with van der Waals surface area (Å²) < 4.78 is 8.40. The fraction of sp³-hybridized carbons (Fsp3) is 0.833. The highest BCUT2D eigenvalue weighted by Gasteiger charge is 2.30. The Morgan fingerprint density at radius 3 is 2.58 bits per heavy atom. The number of piperidine rings is 1. The molecule has 0 aromatic carbocycles. The molecule has 1 saturated carbocycles. The Bertz CT molecular complexity index is 654. The van der Waals surface area contributed by atoms with E-state index >= 15 is 0 Å². The van der Waals surface area contributed by atoms with E-state index in [-0.39, 0.29) is 11.6 Å². The van der Waals surface area contributed by atoms with E-state index < -0.39 is 0 Å². The van der Waals surface area contributed by atoms with Crippen molar-refractivity contribution in [3.63, 3.8) is 0 Å². The molecule has 26 heavy (non-hydrogen) atoms. The Hall–Kier alpha value is -1.67. The molecule has 0 radical (unpaired) electrons. The van der Waals surface area contributed by atoms with Crippen molar-refractivity contribution >= 4 is 5.91 Å². The van der Waals surface area contributed by atoms with E-state index in [0.29, 0.717) is 31.7 Å².